The summed E-state index contributed by atoms with van der Waals surface area (Å²) in [5.74, 6) is 0.658. The van der Waals surface area contributed by atoms with E-state index in [-0.39, 0.29) is 5.91 Å². The molecule has 0 radical (unpaired) electrons. The lowest BCUT2D eigenvalue weighted by Crippen LogP contribution is -2.25. The first kappa shape index (κ1) is 17.8. The highest BCUT2D eigenvalue weighted by atomic mass is 16.5. The van der Waals surface area contributed by atoms with Crippen molar-refractivity contribution in [2.24, 2.45) is 0 Å². The molecule has 0 saturated heterocycles. The van der Waals surface area contributed by atoms with Gasteiger partial charge in [0.1, 0.15) is 17.1 Å². The molecular formula is C23H21N3O2. The monoisotopic (exact) mass is 371 g/mol. The van der Waals surface area contributed by atoms with Gasteiger partial charge in [0.15, 0.2) is 0 Å². The van der Waals surface area contributed by atoms with E-state index in [1.54, 1.807) is 13.3 Å². The molecule has 140 valence electrons. The van der Waals surface area contributed by atoms with Crippen molar-refractivity contribution in [2.75, 3.05) is 13.7 Å². The fourth-order valence-electron chi connectivity index (χ4n) is 3.11. The van der Waals surface area contributed by atoms with E-state index < -0.39 is 0 Å². The Balaban J connectivity index is 1.42. The number of hydrogen-bond donors (Lipinski definition) is 1. The maximum atomic E-state index is 12.5. The van der Waals surface area contributed by atoms with Crippen molar-refractivity contribution in [3.05, 3.63) is 90.4 Å². The molecule has 2 aromatic heterocycles. The predicted octanol–water partition coefficient (Wildman–Crippen LogP) is 3.98. The molecule has 0 bridgehead atoms. The quantitative estimate of drug-likeness (QED) is 0.558. The third-order valence-corrected chi connectivity index (χ3v) is 4.65. The summed E-state index contributed by atoms with van der Waals surface area (Å²) in [5.41, 5.74) is 4.52. The maximum absolute atomic E-state index is 12.5. The Bertz CT molecular complexity index is 1090. The second kappa shape index (κ2) is 7.96. The number of rotatable bonds is 6. The van der Waals surface area contributed by atoms with Crippen LogP contribution in [0.5, 0.6) is 5.75 Å². The van der Waals surface area contributed by atoms with Crippen LogP contribution in [-0.2, 0) is 6.42 Å². The molecule has 5 heteroatoms. The first-order chi connectivity index (χ1) is 13.7. The summed E-state index contributed by atoms with van der Waals surface area (Å²) in [7, 11) is 1.65. The number of aromatic nitrogens is 2. The molecular weight excluding hydrogens is 350 g/mol. The minimum Gasteiger partial charge on any atom is -0.497 e. The number of fused-ring (bicyclic) bond motifs is 1. The van der Waals surface area contributed by atoms with Crippen molar-refractivity contribution >= 4 is 11.6 Å². The summed E-state index contributed by atoms with van der Waals surface area (Å²) < 4.78 is 7.04. The van der Waals surface area contributed by atoms with Crippen LogP contribution in [0.25, 0.3) is 16.8 Å². The number of carbonyl (C=O) groups excluding carboxylic acids is 1. The maximum Gasteiger partial charge on any atom is 0.271 e. The van der Waals surface area contributed by atoms with Crippen molar-refractivity contribution in [3.63, 3.8) is 0 Å². The fourth-order valence-corrected chi connectivity index (χ4v) is 3.11. The Labute approximate surface area is 163 Å². The molecule has 0 aliphatic rings. The van der Waals surface area contributed by atoms with Gasteiger partial charge in [-0.15, -0.1) is 0 Å². The average Bonchev–Trinajstić information content (AvgIpc) is 3.18. The van der Waals surface area contributed by atoms with E-state index in [1.165, 1.54) is 0 Å². The Hall–Kier alpha value is -3.60. The van der Waals surface area contributed by atoms with E-state index in [0.717, 1.165) is 34.5 Å². The van der Waals surface area contributed by atoms with Gasteiger partial charge in [-0.05, 0) is 47.4 Å². The molecule has 0 unspecified atom stereocenters. The van der Waals surface area contributed by atoms with Crippen LogP contribution in [0.15, 0.2) is 79.1 Å². The summed E-state index contributed by atoms with van der Waals surface area (Å²) in [6, 6.07) is 21.9. The number of imidazole rings is 1. The Morgan fingerprint density at radius 3 is 2.50 bits per heavy atom. The minimum absolute atomic E-state index is 0.168. The first-order valence-electron chi connectivity index (χ1n) is 9.18. The van der Waals surface area contributed by atoms with Crippen LogP contribution < -0.4 is 10.1 Å². The molecule has 28 heavy (non-hydrogen) atoms. The third kappa shape index (κ3) is 3.88. The highest BCUT2D eigenvalue weighted by Gasteiger charge is 2.11. The summed E-state index contributed by atoms with van der Waals surface area (Å²) >= 11 is 0. The largest absolute Gasteiger partial charge is 0.497 e. The van der Waals surface area contributed by atoms with E-state index in [4.69, 9.17) is 4.74 Å². The summed E-state index contributed by atoms with van der Waals surface area (Å²) in [6.07, 6.45) is 4.51. The predicted molar refractivity (Wildman–Crippen MR) is 110 cm³/mol. The number of pyridine rings is 1. The Morgan fingerprint density at radius 2 is 1.75 bits per heavy atom. The number of ether oxygens (including phenoxy) is 1. The number of methoxy groups -OCH3 is 1. The van der Waals surface area contributed by atoms with Gasteiger partial charge in [0.05, 0.1) is 7.11 Å². The first-order valence-corrected chi connectivity index (χ1v) is 9.18. The molecule has 2 heterocycles. The molecule has 4 rings (SSSR count). The van der Waals surface area contributed by atoms with E-state index >= 15 is 0 Å². The second-order valence-electron chi connectivity index (χ2n) is 6.53. The lowest BCUT2D eigenvalue weighted by Gasteiger charge is -2.05. The number of nitrogens with zero attached hydrogens (tertiary/aromatic N) is 2. The molecule has 2 aromatic carbocycles. The van der Waals surface area contributed by atoms with Crippen LogP contribution >= 0.6 is 0 Å². The van der Waals surface area contributed by atoms with E-state index in [9.17, 15) is 4.79 Å². The molecule has 1 amide bonds. The molecule has 5 nitrogen and oxygen atoms in total. The van der Waals surface area contributed by atoms with Gasteiger partial charge in [0.2, 0.25) is 0 Å². The number of carbonyl (C=O) groups is 1. The summed E-state index contributed by atoms with van der Waals surface area (Å²) in [6.45, 7) is 0.550. The number of nitrogens with one attached hydrogen (secondary N) is 1. The number of hydrogen-bond acceptors (Lipinski definition) is 3. The zero-order chi connectivity index (χ0) is 19.3. The molecule has 0 aliphatic carbocycles. The van der Waals surface area contributed by atoms with Crippen molar-refractivity contribution in [3.8, 4) is 16.9 Å². The van der Waals surface area contributed by atoms with Crippen LogP contribution in [0.4, 0.5) is 0 Å². The second-order valence-corrected chi connectivity index (χ2v) is 6.53. The van der Waals surface area contributed by atoms with Gasteiger partial charge in [-0.25, -0.2) is 4.98 Å². The van der Waals surface area contributed by atoms with Crippen molar-refractivity contribution in [1.82, 2.24) is 14.7 Å². The van der Waals surface area contributed by atoms with Crippen LogP contribution in [0.1, 0.15) is 16.1 Å². The van der Waals surface area contributed by atoms with Gasteiger partial charge in [-0.2, -0.15) is 0 Å². The minimum atomic E-state index is -0.168. The zero-order valence-electron chi connectivity index (χ0n) is 15.6. The fraction of sp³-hybridized carbons (Fsp3) is 0.130. The van der Waals surface area contributed by atoms with Crippen molar-refractivity contribution in [1.29, 1.82) is 0 Å². The highest BCUT2D eigenvalue weighted by molar-refractivity contribution is 5.92. The van der Waals surface area contributed by atoms with Gasteiger partial charge in [0.25, 0.3) is 5.91 Å². The van der Waals surface area contributed by atoms with E-state index in [1.807, 2.05) is 65.2 Å². The number of benzene rings is 2. The van der Waals surface area contributed by atoms with Crippen molar-refractivity contribution < 1.29 is 9.53 Å². The standard InChI is InChI=1S/C23H21N3O2/c1-28-20-10-7-17(8-11-20)13-14-24-23(27)21-16-26-15-19(9-12-22(26)25-21)18-5-3-2-4-6-18/h2-12,15-16H,13-14H2,1H3,(H,24,27). The van der Waals surface area contributed by atoms with E-state index in [2.05, 4.69) is 22.4 Å². The van der Waals surface area contributed by atoms with Crippen LogP contribution in [0, 0.1) is 0 Å². The molecule has 0 spiro atoms. The lowest BCUT2D eigenvalue weighted by atomic mass is 10.1. The Kier molecular flexibility index (Phi) is 5.06. The van der Waals surface area contributed by atoms with Crippen LogP contribution in [0.2, 0.25) is 0 Å². The average molecular weight is 371 g/mol. The summed E-state index contributed by atoms with van der Waals surface area (Å²) in [4.78, 5) is 16.9. The summed E-state index contributed by atoms with van der Waals surface area (Å²) in [5, 5.41) is 2.94. The lowest BCUT2D eigenvalue weighted by molar-refractivity contribution is 0.0950. The van der Waals surface area contributed by atoms with Crippen molar-refractivity contribution in [2.45, 2.75) is 6.42 Å². The van der Waals surface area contributed by atoms with Crippen LogP contribution in [-0.4, -0.2) is 28.9 Å². The third-order valence-electron chi connectivity index (χ3n) is 4.65. The SMILES string of the molecule is COc1ccc(CCNC(=O)c2cn3cc(-c4ccccc4)ccc3n2)cc1. The van der Waals surface area contributed by atoms with Gasteiger partial charge in [-0.1, -0.05) is 42.5 Å². The molecule has 0 aliphatic heterocycles. The topological polar surface area (TPSA) is 55.6 Å². The van der Waals surface area contributed by atoms with Gasteiger partial charge in [0, 0.05) is 18.9 Å². The number of amides is 1. The highest BCUT2D eigenvalue weighted by Crippen LogP contribution is 2.20. The molecule has 0 atom stereocenters. The molecule has 1 N–H and O–H groups in total. The molecule has 0 saturated carbocycles. The molecule has 4 aromatic rings. The smallest absolute Gasteiger partial charge is 0.271 e. The van der Waals surface area contributed by atoms with Gasteiger partial charge >= 0.3 is 0 Å². The van der Waals surface area contributed by atoms with Gasteiger partial charge in [-0.3, -0.25) is 4.79 Å². The normalized spacial score (nSPS) is 10.8. The zero-order valence-corrected chi connectivity index (χ0v) is 15.6. The molecule has 0 fully saturated rings. The van der Waals surface area contributed by atoms with Crippen LogP contribution in [0.3, 0.4) is 0 Å². The van der Waals surface area contributed by atoms with E-state index in [0.29, 0.717) is 12.2 Å². The van der Waals surface area contributed by atoms with Gasteiger partial charge < -0.3 is 14.5 Å². The Morgan fingerprint density at radius 1 is 0.964 bits per heavy atom.